The van der Waals surface area contributed by atoms with E-state index in [9.17, 15) is 4.79 Å². The fraction of sp³-hybridized carbons (Fsp3) is 0.286. The zero-order chi connectivity index (χ0) is 19.5. The zero-order valence-electron chi connectivity index (χ0n) is 15.6. The second-order valence-electron chi connectivity index (χ2n) is 6.91. The molecule has 0 unspecified atom stereocenters. The van der Waals surface area contributed by atoms with E-state index < -0.39 is 0 Å². The number of nitrogens with one attached hydrogen (secondary N) is 1. The minimum Gasteiger partial charge on any atom is -0.365 e. The number of halogens is 1. The Kier molecular flexibility index (Phi) is 5.41. The molecule has 2 aromatic carbocycles. The molecule has 144 valence electrons. The standard InChI is InChI=1S/C21H21ClN4O2/c1-14-2-4-15(5-3-14)10-11-23-21(27)20-18-13-28-19(12-26(18)25-24-20)16-6-8-17(22)9-7-16/h2-9,19H,10-13H2,1H3,(H,23,27)/t19-/m0/s1. The predicted octanol–water partition coefficient (Wildman–Crippen LogP) is 3.48. The van der Waals surface area contributed by atoms with E-state index in [0.29, 0.717) is 36.1 Å². The van der Waals surface area contributed by atoms with Crippen molar-refractivity contribution in [3.8, 4) is 0 Å². The number of carbonyl (C=O) groups excluding carboxylic acids is 1. The quantitative estimate of drug-likeness (QED) is 0.716. The molecule has 1 aliphatic heterocycles. The predicted molar refractivity (Wildman–Crippen MR) is 106 cm³/mol. The normalized spacial score (nSPS) is 15.9. The van der Waals surface area contributed by atoms with Crippen LogP contribution >= 0.6 is 11.6 Å². The first kappa shape index (κ1) is 18.7. The monoisotopic (exact) mass is 396 g/mol. The van der Waals surface area contributed by atoms with Gasteiger partial charge in [-0.25, -0.2) is 4.68 Å². The highest BCUT2D eigenvalue weighted by Gasteiger charge is 2.27. The van der Waals surface area contributed by atoms with E-state index in [-0.39, 0.29) is 12.0 Å². The van der Waals surface area contributed by atoms with E-state index in [4.69, 9.17) is 16.3 Å². The zero-order valence-corrected chi connectivity index (χ0v) is 16.3. The van der Waals surface area contributed by atoms with Gasteiger partial charge in [-0.3, -0.25) is 4.79 Å². The molecule has 3 aromatic rings. The van der Waals surface area contributed by atoms with Gasteiger partial charge >= 0.3 is 0 Å². The number of ether oxygens (including phenoxy) is 1. The lowest BCUT2D eigenvalue weighted by atomic mass is 10.1. The fourth-order valence-electron chi connectivity index (χ4n) is 3.23. The summed E-state index contributed by atoms with van der Waals surface area (Å²) < 4.78 is 7.69. The Labute approximate surface area is 168 Å². The average Bonchev–Trinajstić information content (AvgIpc) is 3.13. The van der Waals surface area contributed by atoms with E-state index in [0.717, 1.165) is 12.0 Å². The van der Waals surface area contributed by atoms with Gasteiger partial charge < -0.3 is 10.1 Å². The number of hydrogen-bond donors (Lipinski definition) is 1. The molecule has 7 heteroatoms. The van der Waals surface area contributed by atoms with Gasteiger partial charge in [0.2, 0.25) is 0 Å². The van der Waals surface area contributed by atoms with Gasteiger partial charge in [0.05, 0.1) is 18.8 Å². The summed E-state index contributed by atoms with van der Waals surface area (Å²) in [5.74, 6) is -0.220. The van der Waals surface area contributed by atoms with Gasteiger partial charge in [0, 0.05) is 11.6 Å². The van der Waals surface area contributed by atoms with Crippen molar-refractivity contribution in [3.63, 3.8) is 0 Å². The number of benzene rings is 2. The lowest BCUT2D eigenvalue weighted by Crippen LogP contribution is -2.29. The smallest absolute Gasteiger partial charge is 0.273 e. The second kappa shape index (κ2) is 8.12. The van der Waals surface area contributed by atoms with E-state index in [1.165, 1.54) is 11.1 Å². The Morgan fingerprint density at radius 3 is 2.71 bits per heavy atom. The van der Waals surface area contributed by atoms with Crippen LogP contribution in [-0.4, -0.2) is 27.4 Å². The van der Waals surface area contributed by atoms with Crippen molar-refractivity contribution in [2.24, 2.45) is 0 Å². The molecule has 0 fully saturated rings. The highest BCUT2D eigenvalue weighted by molar-refractivity contribution is 6.30. The molecule has 4 rings (SSSR count). The number of aromatic nitrogens is 3. The summed E-state index contributed by atoms with van der Waals surface area (Å²) in [7, 11) is 0. The Hall–Kier alpha value is -2.70. The van der Waals surface area contributed by atoms with Crippen LogP contribution < -0.4 is 5.32 Å². The van der Waals surface area contributed by atoms with Crippen molar-refractivity contribution in [1.29, 1.82) is 0 Å². The van der Waals surface area contributed by atoms with Crippen LogP contribution in [0.1, 0.15) is 39.0 Å². The summed E-state index contributed by atoms with van der Waals surface area (Å²) in [5, 5.41) is 11.8. The third-order valence-electron chi connectivity index (χ3n) is 4.87. The van der Waals surface area contributed by atoms with E-state index in [1.807, 2.05) is 24.3 Å². The first-order valence-electron chi connectivity index (χ1n) is 9.23. The number of fused-ring (bicyclic) bond motifs is 1. The molecule has 0 saturated carbocycles. The molecule has 1 N–H and O–H groups in total. The molecule has 28 heavy (non-hydrogen) atoms. The summed E-state index contributed by atoms with van der Waals surface area (Å²) in [6, 6.07) is 15.8. The molecule has 1 atom stereocenters. The van der Waals surface area contributed by atoms with Gasteiger partial charge in [-0.2, -0.15) is 0 Å². The first-order valence-corrected chi connectivity index (χ1v) is 9.61. The maximum Gasteiger partial charge on any atom is 0.273 e. The molecule has 1 aliphatic rings. The molecule has 0 saturated heterocycles. The molecule has 2 heterocycles. The maximum absolute atomic E-state index is 12.5. The minimum atomic E-state index is -0.220. The Balaban J connectivity index is 1.37. The van der Waals surface area contributed by atoms with Gasteiger partial charge in [0.15, 0.2) is 5.69 Å². The molecule has 0 aliphatic carbocycles. The lowest BCUT2D eigenvalue weighted by Gasteiger charge is -2.24. The van der Waals surface area contributed by atoms with Gasteiger partial charge in [-0.1, -0.05) is 58.8 Å². The molecule has 1 aromatic heterocycles. The average molecular weight is 397 g/mol. The van der Waals surface area contributed by atoms with Crippen molar-refractivity contribution in [1.82, 2.24) is 20.3 Å². The van der Waals surface area contributed by atoms with E-state index >= 15 is 0 Å². The lowest BCUT2D eigenvalue weighted by molar-refractivity contribution is -0.00176. The van der Waals surface area contributed by atoms with Gasteiger partial charge in [-0.15, -0.1) is 5.10 Å². The third kappa shape index (κ3) is 4.08. The Bertz CT molecular complexity index is 967. The molecule has 0 spiro atoms. The van der Waals surface area contributed by atoms with Crippen LogP contribution in [-0.2, 0) is 24.3 Å². The Morgan fingerprint density at radius 1 is 1.21 bits per heavy atom. The number of hydrogen-bond acceptors (Lipinski definition) is 4. The number of aryl methyl sites for hydroxylation is 1. The van der Waals surface area contributed by atoms with Crippen molar-refractivity contribution in [2.75, 3.05) is 6.54 Å². The van der Waals surface area contributed by atoms with Crippen LogP contribution in [0.2, 0.25) is 5.02 Å². The van der Waals surface area contributed by atoms with Crippen LogP contribution in [0.4, 0.5) is 0 Å². The largest absolute Gasteiger partial charge is 0.365 e. The first-order chi connectivity index (χ1) is 13.6. The van der Waals surface area contributed by atoms with Crippen LogP contribution in [0.3, 0.4) is 0 Å². The summed E-state index contributed by atoms with van der Waals surface area (Å²) in [6.45, 7) is 3.41. The summed E-state index contributed by atoms with van der Waals surface area (Å²) in [4.78, 5) is 12.5. The topological polar surface area (TPSA) is 69.0 Å². The molecule has 1 amide bonds. The van der Waals surface area contributed by atoms with Crippen LogP contribution in [0.5, 0.6) is 0 Å². The number of rotatable bonds is 5. The highest BCUT2D eigenvalue weighted by Crippen LogP contribution is 2.27. The summed E-state index contributed by atoms with van der Waals surface area (Å²) in [6.07, 6.45) is 0.633. The maximum atomic E-state index is 12.5. The summed E-state index contributed by atoms with van der Waals surface area (Å²) >= 11 is 5.94. The van der Waals surface area contributed by atoms with Gasteiger partial charge in [-0.05, 0) is 36.6 Å². The second-order valence-corrected chi connectivity index (χ2v) is 7.35. The molecule has 0 radical (unpaired) electrons. The van der Waals surface area contributed by atoms with Crippen LogP contribution in [0.15, 0.2) is 48.5 Å². The Morgan fingerprint density at radius 2 is 1.96 bits per heavy atom. The SMILES string of the molecule is Cc1ccc(CCNC(=O)c2nnn3c2CO[C@H](c2ccc(Cl)cc2)C3)cc1. The fourth-order valence-corrected chi connectivity index (χ4v) is 3.35. The molecular weight excluding hydrogens is 376 g/mol. The van der Waals surface area contributed by atoms with Crippen LogP contribution in [0, 0.1) is 6.92 Å². The molecule has 6 nitrogen and oxygen atoms in total. The molecule has 0 bridgehead atoms. The van der Waals surface area contributed by atoms with Crippen molar-refractivity contribution in [2.45, 2.75) is 32.6 Å². The van der Waals surface area contributed by atoms with E-state index in [1.54, 1.807) is 4.68 Å². The number of nitrogens with zero attached hydrogens (tertiary/aromatic N) is 3. The number of amides is 1. The van der Waals surface area contributed by atoms with Crippen molar-refractivity contribution >= 4 is 17.5 Å². The van der Waals surface area contributed by atoms with Crippen molar-refractivity contribution < 1.29 is 9.53 Å². The number of carbonyl (C=O) groups is 1. The van der Waals surface area contributed by atoms with Crippen molar-refractivity contribution in [3.05, 3.63) is 81.6 Å². The highest BCUT2D eigenvalue weighted by atomic mass is 35.5. The molecular formula is C21H21ClN4O2. The minimum absolute atomic E-state index is 0.135. The summed E-state index contributed by atoms with van der Waals surface area (Å²) in [5.41, 5.74) is 4.47. The third-order valence-corrected chi connectivity index (χ3v) is 5.13. The van der Waals surface area contributed by atoms with Gasteiger partial charge in [0.1, 0.15) is 6.10 Å². The van der Waals surface area contributed by atoms with E-state index in [2.05, 4.69) is 46.8 Å². The van der Waals surface area contributed by atoms with Gasteiger partial charge in [0.25, 0.3) is 5.91 Å². The van der Waals surface area contributed by atoms with Crippen LogP contribution in [0.25, 0.3) is 0 Å².